The van der Waals surface area contributed by atoms with Gasteiger partial charge in [0.25, 0.3) is 0 Å². The van der Waals surface area contributed by atoms with Gasteiger partial charge in [-0.05, 0) is 60.4 Å². The number of hydrogen-bond acceptors (Lipinski definition) is 4. The normalized spacial score (nSPS) is 10.1. The Balaban J connectivity index is -0.000000219. The monoisotopic (exact) mass is 555 g/mol. The molecular weight excluding hydrogens is 488 g/mol. The van der Waals surface area contributed by atoms with E-state index in [1.165, 1.54) is 22.4 Å². The van der Waals surface area contributed by atoms with Crippen LogP contribution in [-0.2, 0) is 16.2 Å². The summed E-state index contributed by atoms with van der Waals surface area (Å²) >= 11 is 0. The largest absolute Gasteiger partial charge is 0.261 e. The molecule has 3 heterocycles. The van der Waals surface area contributed by atoms with Gasteiger partial charge in [-0.3, -0.25) is 9.97 Å². The Kier molecular flexibility index (Phi) is 24.5. The molecule has 3 aromatic rings. The van der Waals surface area contributed by atoms with Crippen molar-refractivity contribution in [2.75, 3.05) is 0 Å². The van der Waals surface area contributed by atoms with E-state index in [-0.39, 0.29) is 23.7 Å². The molecule has 0 aliphatic heterocycles. The van der Waals surface area contributed by atoms with Gasteiger partial charge in [0, 0.05) is 41.1 Å². The highest BCUT2D eigenvalue weighted by molar-refractivity contribution is 5.26. The second kappa shape index (κ2) is 22.1. The zero-order chi connectivity index (χ0) is 31.4. The third-order valence-corrected chi connectivity index (χ3v) is 5.25. The first-order valence-electron chi connectivity index (χ1n) is 14.7. The molecule has 0 saturated heterocycles. The maximum atomic E-state index is 4.35. The van der Waals surface area contributed by atoms with E-state index in [0.29, 0.717) is 0 Å². The fourth-order valence-corrected chi connectivity index (χ4v) is 3.67. The molecule has 0 fully saturated rings. The van der Waals surface area contributed by atoms with Crippen LogP contribution in [0.1, 0.15) is 145 Å². The maximum absolute atomic E-state index is 4.35. The minimum Gasteiger partial charge on any atom is -0.261 e. The Morgan fingerprint density at radius 3 is 1.25 bits per heavy atom. The van der Waals surface area contributed by atoms with Gasteiger partial charge in [-0.25, -0.2) is 9.97 Å². The lowest BCUT2D eigenvalue weighted by molar-refractivity contribution is 0.564. The molecule has 0 radical (unpaired) electrons. The van der Waals surface area contributed by atoms with Crippen LogP contribution >= 0.6 is 0 Å². The first kappa shape index (κ1) is 44.4. The SMILES string of the molecule is C.CC.CC.CC.Cc1cccnc1C(C)(C)C.Cc1ncccc1C(C)(C)C.Cc1ncncc1C(C)(C)C. The van der Waals surface area contributed by atoms with Gasteiger partial charge in [0.05, 0.1) is 0 Å². The predicted molar refractivity (Wildman–Crippen MR) is 182 cm³/mol. The van der Waals surface area contributed by atoms with Crippen LogP contribution in [0.15, 0.2) is 49.2 Å². The van der Waals surface area contributed by atoms with Crippen molar-refractivity contribution in [3.63, 3.8) is 0 Å². The van der Waals surface area contributed by atoms with Crippen LogP contribution in [0.25, 0.3) is 0 Å². The summed E-state index contributed by atoms with van der Waals surface area (Å²) in [5.74, 6) is 0. The zero-order valence-electron chi connectivity index (χ0n) is 28.9. The highest BCUT2D eigenvalue weighted by Gasteiger charge is 2.17. The summed E-state index contributed by atoms with van der Waals surface area (Å²) in [5, 5.41) is 0. The van der Waals surface area contributed by atoms with E-state index >= 15 is 0 Å². The fourth-order valence-electron chi connectivity index (χ4n) is 3.67. The van der Waals surface area contributed by atoms with Gasteiger partial charge in [0.2, 0.25) is 0 Å². The summed E-state index contributed by atoms with van der Waals surface area (Å²) in [5.41, 5.74) is 7.79. The fraction of sp³-hybridized carbons (Fsp3) is 0.611. The van der Waals surface area contributed by atoms with E-state index in [1.807, 2.05) is 79.2 Å². The maximum Gasteiger partial charge on any atom is 0.115 e. The molecular formula is C36H66N4. The molecule has 0 atom stereocenters. The number of hydrogen-bond donors (Lipinski definition) is 0. The topological polar surface area (TPSA) is 51.6 Å². The van der Waals surface area contributed by atoms with Crippen LogP contribution in [0, 0.1) is 20.8 Å². The van der Waals surface area contributed by atoms with Crippen LogP contribution in [0.5, 0.6) is 0 Å². The van der Waals surface area contributed by atoms with Gasteiger partial charge >= 0.3 is 0 Å². The minimum absolute atomic E-state index is 0. The Labute approximate surface area is 250 Å². The number of aryl methyl sites for hydroxylation is 3. The van der Waals surface area contributed by atoms with E-state index in [1.54, 1.807) is 6.33 Å². The molecule has 0 aromatic carbocycles. The Hall–Kier alpha value is -2.62. The molecule has 230 valence electrons. The molecule has 0 amide bonds. The minimum atomic E-state index is 0. The smallest absolute Gasteiger partial charge is 0.115 e. The van der Waals surface area contributed by atoms with Gasteiger partial charge in [0.1, 0.15) is 6.33 Å². The second-order valence-electron chi connectivity index (χ2n) is 11.6. The lowest BCUT2D eigenvalue weighted by Crippen LogP contribution is -2.14. The van der Waals surface area contributed by atoms with Crippen LogP contribution in [-0.4, -0.2) is 19.9 Å². The molecule has 0 bridgehead atoms. The Morgan fingerprint density at radius 2 is 0.950 bits per heavy atom. The highest BCUT2D eigenvalue weighted by atomic mass is 14.8. The number of rotatable bonds is 0. The Morgan fingerprint density at radius 1 is 0.525 bits per heavy atom. The van der Waals surface area contributed by atoms with Crippen molar-refractivity contribution in [2.45, 2.75) is 148 Å². The van der Waals surface area contributed by atoms with Gasteiger partial charge in [-0.1, -0.05) is 123 Å². The van der Waals surface area contributed by atoms with E-state index in [2.05, 4.69) is 108 Å². The van der Waals surface area contributed by atoms with Crippen LogP contribution in [0.2, 0.25) is 0 Å². The third-order valence-electron chi connectivity index (χ3n) is 5.25. The van der Waals surface area contributed by atoms with Crippen LogP contribution in [0.4, 0.5) is 0 Å². The van der Waals surface area contributed by atoms with Crippen molar-refractivity contribution in [3.8, 4) is 0 Å². The lowest BCUT2D eigenvalue weighted by Gasteiger charge is -2.20. The molecule has 0 spiro atoms. The summed E-state index contributed by atoms with van der Waals surface area (Å²) in [7, 11) is 0. The molecule has 40 heavy (non-hydrogen) atoms. The van der Waals surface area contributed by atoms with Gasteiger partial charge in [-0.15, -0.1) is 0 Å². The van der Waals surface area contributed by atoms with Crippen molar-refractivity contribution in [2.24, 2.45) is 0 Å². The number of aromatic nitrogens is 4. The molecule has 3 aromatic heterocycles. The van der Waals surface area contributed by atoms with Gasteiger partial charge in [-0.2, -0.15) is 0 Å². The summed E-state index contributed by atoms with van der Waals surface area (Å²) in [6.45, 7) is 37.8. The van der Waals surface area contributed by atoms with E-state index in [4.69, 9.17) is 0 Å². The number of nitrogens with zero attached hydrogens (tertiary/aromatic N) is 4. The molecule has 0 aliphatic carbocycles. The average molecular weight is 555 g/mol. The van der Waals surface area contributed by atoms with Crippen molar-refractivity contribution in [1.82, 2.24) is 19.9 Å². The van der Waals surface area contributed by atoms with Crippen LogP contribution < -0.4 is 0 Å². The standard InChI is InChI=1S/2C10H15N.C9H14N2.3C2H6.CH4/c1-8-9(10(2,3)4)6-5-7-11-8;1-8-6-5-7-11-9(8)10(2,3)4;1-7-8(9(2,3)4)5-10-6-11-7;3*1-2;/h2*5-7H,1-4H3;5-6H,1-4H3;3*1-2H3;1H4. The molecule has 4 heteroatoms. The van der Waals surface area contributed by atoms with E-state index in [0.717, 1.165) is 11.4 Å². The first-order valence-corrected chi connectivity index (χ1v) is 14.7. The second-order valence-corrected chi connectivity index (χ2v) is 11.6. The molecule has 0 aliphatic rings. The van der Waals surface area contributed by atoms with Gasteiger partial charge < -0.3 is 0 Å². The summed E-state index contributed by atoms with van der Waals surface area (Å²) in [6, 6.07) is 8.22. The summed E-state index contributed by atoms with van der Waals surface area (Å²) in [4.78, 5) is 16.7. The van der Waals surface area contributed by atoms with E-state index in [9.17, 15) is 0 Å². The predicted octanol–water partition coefficient (Wildman–Crippen LogP) is 11.2. The average Bonchev–Trinajstić information content (AvgIpc) is 2.87. The summed E-state index contributed by atoms with van der Waals surface area (Å²) < 4.78 is 0. The van der Waals surface area contributed by atoms with Crippen LogP contribution in [0.3, 0.4) is 0 Å². The van der Waals surface area contributed by atoms with Crippen molar-refractivity contribution < 1.29 is 0 Å². The van der Waals surface area contributed by atoms with E-state index < -0.39 is 0 Å². The van der Waals surface area contributed by atoms with Gasteiger partial charge in [0.15, 0.2) is 0 Å². The zero-order valence-corrected chi connectivity index (χ0v) is 28.9. The number of pyridine rings is 2. The van der Waals surface area contributed by atoms with Crippen molar-refractivity contribution in [3.05, 3.63) is 83.0 Å². The highest BCUT2D eigenvalue weighted by Crippen LogP contribution is 2.24. The molecule has 3 rings (SSSR count). The van der Waals surface area contributed by atoms with Crippen molar-refractivity contribution >= 4 is 0 Å². The first-order chi connectivity index (χ1) is 18.0. The molecule has 4 nitrogen and oxygen atoms in total. The Bertz CT molecular complexity index is 872. The third kappa shape index (κ3) is 17.9. The quantitative estimate of drug-likeness (QED) is 0.277. The molecule has 0 saturated carbocycles. The van der Waals surface area contributed by atoms with Crippen molar-refractivity contribution in [1.29, 1.82) is 0 Å². The molecule has 0 unspecified atom stereocenters. The summed E-state index contributed by atoms with van der Waals surface area (Å²) in [6.07, 6.45) is 7.17. The molecule has 0 N–H and O–H groups in total. The lowest BCUT2D eigenvalue weighted by atomic mass is 9.86.